The molecular formula is C26H33N3O4S. The van der Waals surface area contributed by atoms with E-state index in [2.05, 4.69) is 45.7 Å². The van der Waals surface area contributed by atoms with Crippen LogP contribution in [0.1, 0.15) is 30.0 Å². The Kier molecular flexibility index (Phi) is 10.00. The Morgan fingerprint density at radius 3 is 2.56 bits per heavy atom. The lowest BCUT2D eigenvalue weighted by molar-refractivity contribution is -0.136. The summed E-state index contributed by atoms with van der Waals surface area (Å²) in [6.07, 6.45) is 3.02. The predicted molar refractivity (Wildman–Crippen MR) is 137 cm³/mol. The van der Waals surface area contributed by atoms with Crippen molar-refractivity contribution in [3.05, 3.63) is 71.4 Å². The van der Waals surface area contributed by atoms with E-state index in [4.69, 9.17) is 5.11 Å². The van der Waals surface area contributed by atoms with Gasteiger partial charge >= 0.3 is 5.97 Å². The van der Waals surface area contributed by atoms with E-state index in [1.54, 1.807) is 0 Å². The zero-order chi connectivity index (χ0) is 24.3. The van der Waals surface area contributed by atoms with E-state index in [1.165, 1.54) is 22.7 Å². The van der Waals surface area contributed by atoms with Gasteiger partial charge < -0.3 is 20.5 Å². The van der Waals surface area contributed by atoms with Crippen LogP contribution in [0.3, 0.4) is 0 Å². The van der Waals surface area contributed by atoms with E-state index in [0.717, 1.165) is 36.2 Å². The normalized spacial score (nSPS) is 12.2. The highest BCUT2D eigenvalue weighted by Crippen LogP contribution is 2.19. The van der Waals surface area contributed by atoms with E-state index in [-0.39, 0.29) is 29.9 Å². The van der Waals surface area contributed by atoms with Gasteiger partial charge in [-0.1, -0.05) is 49.4 Å². The van der Waals surface area contributed by atoms with Gasteiger partial charge in [0.2, 0.25) is 5.91 Å². The molecule has 2 aromatic carbocycles. The van der Waals surface area contributed by atoms with Gasteiger partial charge in [0.1, 0.15) is 0 Å². The molecule has 1 unspecified atom stereocenters. The summed E-state index contributed by atoms with van der Waals surface area (Å²) in [4.78, 5) is 28.3. The number of H-pyrrole nitrogens is 1. The van der Waals surface area contributed by atoms with Crippen molar-refractivity contribution >= 4 is 34.5 Å². The third-order valence-corrected chi connectivity index (χ3v) is 6.83. The Balaban J connectivity index is 1.46. The Labute approximate surface area is 204 Å². The number of hydrogen-bond donors (Lipinski definition) is 4. The molecule has 182 valence electrons. The van der Waals surface area contributed by atoms with Gasteiger partial charge in [-0.05, 0) is 29.2 Å². The van der Waals surface area contributed by atoms with Crippen LogP contribution in [0.25, 0.3) is 10.9 Å². The van der Waals surface area contributed by atoms with Crippen LogP contribution in [0, 0.1) is 0 Å². The average molecular weight is 484 g/mol. The lowest BCUT2D eigenvalue weighted by Gasteiger charge is -2.21. The van der Waals surface area contributed by atoms with Gasteiger partial charge in [0, 0.05) is 48.5 Å². The molecule has 0 aliphatic heterocycles. The average Bonchev–Trinajstić information content (AvgIpc) is 3.23. The van der Waals surface area contributed by atoms with Crippen molar-refractivity contribution in [1.29, 1.82) is 0 Å². The van der Waals surface area contributed by atoms with E-state index in [0.29, 0.717) is 13.1 Å². The Bertz CT molecular complexity index is 1070. The second-order valence-corrected chi connectivity index (χ2v) is 9.85. The van der Waals surface area contributed by atoms with Gasteiger partial charge in [-0.25, -0.2) is 0 Å². The minimum atomic E-state index is -0.851. The van der Waals surface area contributed by atoms with Crippen molar-refractivity contribution in [3.8, 4) is 0 Å². The highest BCUT2D eigenvalue weighted by Gasteiger charge is 2.11. The van der Waals surface area contributed by atoms with Crippen LogP contribution in [-0.4, -0.2) is 62.7 Å². The molecule has 3 rings (SSSR count). The molecule has 7 nitrogen and oxygen atoms in total. The number of benzene rings is 2. The van der Waals surface area contributed by atoms with Gasteiger partial charge in [-0.15, -0.1) is 11.8 Å². The number of carboxylic acids is 1. The number of nitrogens with zero attached hydrogens (tertiary/aromatic N) is 1. The van der Waals surface area contributed by atoms with Gasteiger partial charge in [-0.3, -0.25) is 14.5 Å². The summed E-state index contributed by atoms with van der Waals surface area (Å²) in [5, 5.41) is 22.3. The standard InChI is InChI=1S/C26H33N3O4S/c1-19(14-26(32)33)34-18-25(31)28-15-20-6-8-21(9-7-20)17-29(12-13-30)11-10-22-16-27-24-5-3-2-4-23(22)24/h2-9,16,19,27,30H,10-15,17-18H2,1H3,(H,28,31)(H,32,33). The highest BCUT2D eigenvalue weighted by molar-refractivity contribution is 8.00. The van der Waals surface area contributed by atoms with Crippen LogP contribution in [0.5, 0.6) is 0 Å². The van der Waals surface area contributed by atoms with Crippen molar-refractivity contribution in [2.45, 2.75) is 38.1 Å². The summed E-state index contributed by atoms with van der Waals surface area (Å²) in [6, 6.07) is 16.4. The first-order valence-corrected chi connectivity index (χ1v) is 12.6. The molecule has 1 aromatic heterocycles. The monoisotopic (exact) mass is 483 g/mol. The molecule has 0 fully saturated rings. The maximum atomic E-state index is 12.0. The van der Waals surface area contributed by atoms with E-state index in [9.17, 15) is 14.7 Å². The number of aliphatic hydroxyl groups excluding tert-OH is 1. The van der Waals surface area contributed by atoms with Crippen LogP contribution >= 0.6 is 11.8 Å². The second-order valence-electron chi connectivity index (χ2n) is 8.42. The number of nitrogens with one attached hydrogen (secondary N) is 2. The molecule has 0 radical (unpaired) electrons. The van der Waals surface area contributed by atoms with Crippen molar-refractivity contribution in [2.75, 3.05) is 25.4 Å². The number of rotatable bonds is 14. The Hall–Kier alpha value is -2.81. The summed E-state index contributed by atoms with van der Waals surface area (Å²) in [5.74, 6) is -0.701. The van der Waals surface area contributed by atoms with Gasteiger partial charge in [-0.2, -0.15) is 0 Å². The minimum Gasteiger partial charge on any atom is -0.481 e. The van der Waals surface area contributed by atoms with Crippen molar-refractivity contribution in [2.24, 2.45) is 0 Å². The number of thioether (sulfide) groups is 1. The molecule has 1 heterocycles. The number of aromatic amines is 1. The fourth-order valence-electron chi connectivity index (χ4n) is 3.82. The van der Waals surface area contributed by atoms with E-state index < -0.39 is 5.97 Å². The number of aliphatic hydroxyl groups is 1. The van der Waals surface area contributed by atoms with Crippen LogP contribution in [0.4, 0.5) is 0 Å². The van der Waals surface area contributed by atoms with E-state index in [1.807, 2.05) is 31.2 Å². The summed E-state index contributed by atoms with van der Waals surface area (Å²) in [6.45, 7) is 4.56. The summed E-state index contributed by atoms with van der Waals surface area (Å²) in [5.41, 5.74) is 4.58. The number of para-hydroxylation sites is 1. The number of aromatic nitrogens is 1. The molecule has 0 bridgehead atoms. The van der Waals surface area contributed by atoms with Gasteiger partial charge in [0.05, 0.1) is 18.8 Å². The largest absolute Gasteiger partial charge is 0.481 e. The van der Waals surface area contributed by atoms with Crippen LogP contribution < -0.4 is 5.32 Å². The van der Waals surface area contributed by atoms with Gasteiger partial charge in [0.25, 0.3) is 0 Å². The molecule has 1 amide bonds. The lowest BCUT2D eigenvalue weighted by atomic mass is 10.1. The topological polar surface area (TPSA) is 106 Å². The molecule has 34 heavy (non-hydrogen) atoms. The summed E-state index contributed by atoms with van der Waals surface area (Å²) < 4.78 is 0. The first-order valence-electron chi connectivity index (χ1n) is 11.5. The molecule has 0 spiro atoms. The molecule has 0 saturated heterocycles. The first kappa shape index (κ1) is 25.8. The summed E-state index contributed by atoms with van der Waals surface area (Å²) in [7, 11) is 0. The predicted octanol–water partition coefficient (Wildman–Crippen LogP) is 3.42. The maximum Gasteiger partial charge on any atom is 0.304 e. The smallest absolute Gasteiger partial charge is 0.304 e. The minimum absolute atomic E-state index is 0.0501. The molecule has 0 aliphatic rings. The molecular weight excluding hydrogens is 450 g/mol. The number of carbonyl (C=O) groups is 2. The zero-order valence-corrected chi connectivity index (χ0v) is 20.3. The maximum absolute atomic E-state index is 12.0. The van der Waals surface area contributed by atoms with Crippen LogP contribution in [-0.2, 0) is 29.1 Å². The highest BCUT2D eigenvalue weighted by atomic mass is 32.2. The fourth-order valence-corrected chi connectivity index (χ4v) is 4.62. The molecule has 0 aliphatic carbocycles. The number of aliphatic carboxylic acids is 1. The second kappa shape index (κ2) is 13.2. The number of carboxylic acid groups (broad SMARTS) is 1. The van der Waals surface area contributed by atoms with Crippen molar-refractivity contribution in [3.63, 3.8) is 0 Å². The molecule has 8 heteroatoms. The third kappa shape index (κ3) is 8.20. The zero-order valence-electron chi connectivity index (χ0n) is 19.5. The van der Waals surface area contributed by atoms with Gasteiger partial charge in [0.15, 0.2) is 0 Å². The van der Waals surface area contributed by atoms with Crippen LogP contribution in [0.2, 0.25) is 0 Å². The van der Waals surface area contributed by atoms with Crippen molar-refractivity contribution in [1.82, 2.24) is 15.2 Å². The number of amides is 1. The fraction of sp³-hybridized carbons (Fsp3) is 0.385. The third-order valence-electron chi connectivity index (χ3n) is 5.67. The van der Waals surface area contributed by atoms with Crippen molar-refractivity contribution < 1.29 is 19.8 Å². The van der Waals surface area contributed by atoms with Crippen LogP contribution in [0.15, 0.2) is 54.7 Å². The Morgan fingerprint density at radius 1 is 1.09 bits per heavy atom. The SMILES string of the molecule is CC(CC(=O)O)SCC(=O)NCc1ccc(CN(CCO)CCc2c[nH]c3ccccc23)cc1. The molecule has 1 atom stereocenters. The Morgan fingerprint density at radius 2 is 1.82 bits per heavy atom. The first-order chi connectivity index (χ1) is 16.4. The van der Waals surface area contributed by atoms with E-state index >= 15 is 0 Å². The molecule has 3 aromatic rings. The number of hydrogen-bond acceptors (Lipinski definition) is 5. The summed E-state index contributed by atoms with van der Waals surface area (Å²) >= 11 is 1.35. The molecule has 0 saturated carbocycles. The molecule has 4 N–H and O–H groups in total. The lowest BCUT2D eigenvalue weighted by Crippen LogP contribution is -2.28. The number of fused-ring (bicyclic) bond motifs is 1. The number of carbonyl (C=O) groups excluding carboxylic acids is 1. The quantitative estimate of drug-likeness (QED) is 0.280.